The highest BCUT2D eigenvalue weighted by Gasteiger charge is 2.40. The molecule has 1 N–H and O–H groups in total. The van der Waals surface area contributed by atoms with Crippen LogP contribution in [0.1, 0.15) is 23.1 Å². The molecular weight excluding hydrogens is 363 g/mol. The Morgan fingerprint density at radius 3 is 2.57 bits per heavy atom. The van der Waals surface area contributed by atoms with Crippen molar-refractivity contribution in [2.75, 3.05) is 6.54 Å². The van der Waals surface area contributed by atoms with E-state index in [-0.39, 0.29) is 31.6 Å². The molecule has 28 heavy (non-hydrogen) atoms. The molecule has 0 aromatic heterocycles. The van der Waals surface area contributed by atoms with Crippen LogP contribution in [0.15, 0.2) is 48.5 Å². The third kappa shape index (κ3) is 4.35. The second-order valence-electron chi connectivity index (χ2n) is 6.60. The van der Waals surface area contributed by atoms with E-state index in [1.807, 2.05) is 6.07 Å². The Labute approximate surface area is 161 Å². The first-order valence-electron chi connectivity index (χ1n) is 8.85. The maximum atomic E-state index is 13.8. The van der Waals surface area contributed by atoms with Crippen LogP contribution in [0.5, 0.6) is 0 Å². The lowest BCUT2D eigenvalue weighted by Gasteiger charge is -2.23. The molecule has 6 nitrogen and oxygen atoms in total. The third-order valence-electron chi connectivity index (χ3n) is 4.68. The minimum Gasteiger partial charge on any atom is -0.459 e. The van der Waals surface area contributed by atoms with Gasteiger partial charge >= 0.3 is 5.97 Å². The molecule has 144 valence electrons. The molecule has 1 amide bonds. The number of nitrogens with zero attached hydrogens (tertiary/aromatic N) is 2. The number of hydrogen-bond donors (Lipinski definition) is 1. The largest absolute Gasteiger partial charge is 0.459 e. The van der Waals surface area contributed by atoms with E-state index in [2.05, 4.69) is 0 Å². The number of aliphatic hydroxyl groups excluding tert-OH is 1. The van der Waals surface area contributed by atoms with Gasteiger partial charge < -0.3 is 14.7 Å². The number of benzene rings is 2. The normalized spacial score (nSPS) is 18.5. The molecule has 0 radical (unpaired) electrons. The Bertz CT molecular complexity index is 925. The number of rotatable bonds is 5. The molecular formula is C21H19FN2O4. The highest BCUT2D eigenvalue weighted by atomic mass is 19.1. The Morgan fingerprint density at radius 1 is 1.18 bits per heavy atom. The zero-order chi connectivity index (χ0) is 20.1. The molecule has 0 saturated carbocycles. The molecule has 3 rings (SSSR count). The van der Waals surface area contributed by atoms with Crippen LogP contribution in [0.2, 0.25) is 0 Å². The van der Waals surface area contributed by atoms with Crippen molar-refractivity contribution in [2.24, 2.45) is 0 Å². The summed E-state index contributed by atoms with van der Waals surface area (Å²) in [5.41, 5.74) is 1.18. The lowest BCUT2D eigenvalue weighted by molar-refractivity contribution is -0.154. The van der Waals surface area contributed by atoms with Crippen LogP contribution in [0.4, 0.5) is 4.39 Å². The summed E-state index contributed by atoms with van der Waals surface area (Å²) in [6.45, 7) is -0.119. The van der Waals surface area contributed by atoms with E-state index in [1.54, 1.807) is 30.3 Å². The van der Waals surface area contributed by atoms with Gasteiger partial charge in [-0.1, -0.05) is 36.4 Å². The van der Waals surface area contributed by atoms with Crippen molar-refractivity contribution >= 4 is 11.9 Å². The number of likely N-dealkylation sites (tertiary alicyclic amines) is 1. The fourth-order valence-corrected chi connectivity index (χ4v) is 3.22. The van der Waals surface area contributed by atoms with E-state index in [0.29, 0.717) is 11.1 Å². The molecule has 1 aliphatic heterocycles. The SMILES string of the molecule is N#Cc1ccccc1COC(=O)C1CC(O)CN1C(=O)Cc1ccccc1F. The monoisotopic (exact) mass is 382 g/mol. The molecule has 1 heterocycles. The summed E-state index contributed by atoms with van der Waals surface area (Å²) in [6.07, 6.45) is -1.00. The minimum atomic E-state index is -0.941. The van der Waals surface area contributed by atoms with Gasteiger partial charge in [-0.15, -0.1) is 0 Å². The predicted molar refractivity (Wildman–Crippen MR) is 97.2 cm³/mol. The standard InChI is InChI=1S/C21H19FN2O4/c22-18-8-4-3-5-14(18)9-20(26)24-12-17(25)10-19(24)21(27)28-13-16-7-2-1-6-15(16)11-23/h1-8,17,19,25H,9-10,12-13H2. The zero-order valence-electron chi connectivity index (χ0n) is 15.0. The quantitative estimate of drug-likeness (QED) is 0.798. The lowest BCUT2D eigenvalue weighted by Crippen LogP contribution is -2.42. The van der Waals surface area contributed by atoms with Crippen LogP contribution in [-0.4, -0.2) is 40.6 Å². The number of aliphatic hydroxyl groups is 1. The van der Waals surface area contributed by atoms with Crippen LogP contribution in [0.3, 0.4) is 0 Å². The van der Waals surface area contributed by atoms with Gasteiger partial charge in [-0.25, -0.2) is 9.18 Å². The molecule has 2 aromatic carbocycles. The van der Waals surface area contributed by atoms with Crippen LogP contribution >= 0.6 is 0 Å². The van der Waals surface area contributed by atoms with Crippen molar-refractivity contribution in [2.45, 2.75) is 31.6 Å². The Balaban J connectivity index is 1.67. The number of hydrogen-bond acceptors (Lipinski definition) is 5. The third-order valence-corrected chi connectivity index (χ3v) is 4.68. The summed E-state index contributed by atoms with van der Waals surface area (Å²) in [4.78, 5) is 26.3. The van der Waals surface area contributed by atoms with E-state index >= 15 is 0 Å². The summed E-state index contributed by atoms with van der Waals surface area (Å²) in [7, 11) is 0. The van der Waals surface area contributed by atoms with E-state index in [9.17, 15) is 19.1 Å². The Hall–Kier alpha value is -3.24. The molecule has 2 atom stereocenters. The first-order chi connectivity index (χ1) is 13.5. The molecule has 0 aliphatic carbocycles. The topological polar surface area (TPSA) is 90.6 Å². The van der Waals surface area contributed by atoms with Crippen molar-refractivity contribution in [3.63, 3.8) is 0 Å². The average molecular weight is 382 g/mol. The van der Waals surface area contributed by atoms with Gasteiger partial charge in [0.15, 0.2) is 0 Å². The van der Waals surface area contributed by atoms with Gasteiger partial charge in [0, 0.05) is 18.5 Å². The number of halogens is 1. The molecule has 7 heteroatoms. The number of esters is 1. The van der Waals surface area contributed by atoms with Crippen molar-refractivity contribution in [3.8, 4) is 6.07 Å². The number of carbonyl (C=O) groups is 2. The number of carbonyl (C=O) groups excluding carboxylic acids is 2. The Morgan fingerprint density at radius 2 is 1.86 bits per heavy atom. The summed E-state index contributed by atoms with van der Waals surface area (Å²) >= 11 is 0. The summed E-state index contributed by atoms with van der Waals surface area (Å²) in [5, 5.41) is 19.0. The molecule has 2 unspecified atom stereocenters. The van der Waals surface area contributed by atoms with Crippen molar-refractivity contribution < 1.29 is 23.8 Å². The van der Waals surface area contributed by atoms with Crippen LogP contribution in [-0.2, 0) is 27.4 Å². The van der Waals surface area contributed by atoms with Gasteiger partial charge in [0.2, 0.25) is 5.91 Å². The van der Waals surface area contributed by atoms with Crippen molar-refractivity contribution in [1.82, 2.24) is 4.90 Å². The summed E-state index contributed by atoms with van der Waals surface area (Å²) < 4.78 is 19.1. The smallest absolute Gasteiger partial charge is 0.329 e. The number of nitriles is 1. The highest BCUT2D eigenvalue weighted by Crippen LogP contribution is 2.22. The first-order valence-corrected chi connectivity index (χ1v) is 8.85. The first kappa shape index (κ1) is 19.5. The maximum Gasteiger partial charge on any atom is 0.329 e. The summed E-state index contributed by atoms with van der Waals surface area (Å²) in [5.74, 6) is -1.62. The molecule has 0 spiro atoms. The maximum absolute atomic E-state index is 13.8. The fraction of sp³-hybridized carbons (Fsp3) is 0.286. The minimum absolute atomic E-state index is 0.0121. The lowest BCUT2D eigenvalue weighted by atomic mass is 10.1. The average Bonchev–Trinajstić information content (AvgIpc) is 3.10. The van der Waals surface area contributed by atoms with Gasteiger partial charge in [0.1, 0.15) is 18.5 Å². The molecule has 1 saturated heterocycles. The molecule has 1 aliphatic rings. The van der Waals surface area contributed by atoms with Crippen molar-refractivity contribution in [1.29, 1.82) is 5.26 Å². The number of β-amino-alcohol motifs (C(OH)–C–C–N with tert-alkyl or cyclic N) is 1. The van der Waals surface area contributed by atoms with Gasteiger partial charge in [0.25, 0.3) is 0 Å². The van der Waals surface area contributed by atoms with Crippen LogP contribution in [0.25, 0.3) is 0 Å². The second kappa shape index (κ2) is 8.63. The van der Waals surface area contributed by atoms with Crippen molar-refractivity contribution in [3.05, 3.63) is 71.0 Å². The zero-order valence-corrected chi connectivity index (χ0v) is 15.0. The fourth-order valence-electron chi connectivity index (χ4n) is 3.22. The van der Waals surface area contributed by atoms with E-state index in [4.69, 9.17) is 10.00 Å². The van der Waals surface area contributed by atoms with Gasteiger partial charge in [0.05, 0.1) is 24.2 Å². The van der Waals surface area contributed by atoms with E-state index in [1.165, 1.54) is 23.1 Å². The predicted octanol–water partition coefficient (Wildman–Crippen LogP) is 1.95. The van der Waals surface area contributed by atoms with Gasteiger partial charge in [-0.3, -0.25) is 4.79 Å². The Kier molecular flexibility index (Phi) is 6.02. The summed E-state index contributed by atoms with van der Waals surface area (Å²) in [6, 6.07) is 13.7. The molecule has 2 aromatic rings. The van der Waals surface area contributed by atoms with Gasteiger partial charge in [-0.05, 0) is 17.7 Å². The number of ether oxygens (including phenoxy) is 1. The highest BCUT2D eigenvalue weighted by molar-refractivity contribution is 5.86. The second-order valence-corrected chi connectivity index (χ2v) is 6.60. The molecule has 1 fully saturated rings. The molecule has 0 bridgehead atoms. The van der Waals surface area contributed by atoms with E-state index in [0.717, 1.165) is 0 Å². The van der Waals surface area contributed by atoms with Gasteiger partial charge in [-0.2, -0.15) is 5.26 Å². The number of amides is 1. The van der Waals surface area contributed by atoms with Crippen LogP contribution in [0, 0.1) is 17.1 Å². The van der Waals surface area contributed by atoms with E-state index < -0.39 is 29.8 Å². The van der Waals surface area contributed by atoms with Crippen LogP contribution < -0.4 is 0 Å².